The van der Waals surface area contributed by atoms with Crippen LogP contribution in [-0.4, -0.2) is 32.5 Å². The van der Waals surface area contributed by atoms with Gasteiger partial charge in [-0.25, -0.2) is 8.42 Å². The Kier molecular flexibility index (Phi) is 5.74. The predicted molar refractivity (Wildman–Crippen MR) is 124 cm³/mol. The number of carbonyl (C=O) groups is 1. The van der Waals surface area contributed by atoms with E-state index in [2.05, 4.69) is 15.0 Å². The molecule has 33 heavy (non-hydrogen) atoms. The van der Waals surface area contributed by atoms with Gasteiger partial charge in [0, 0.05) is 43.1 Å². The Labute approximate surface area is 193 Å². The first-order valence-electron chi connectivity index (χ1n) is 11.4. The van der Waals surface area contributed by atoms with Crippen molar-refractivity contribution in [2.24, 2.45) is 4.99 Å². The van der Waals surface area contributed by atoms with Gasteiger partial charge < -0.3 is 14.8 Å². The Bertz CT molecular complexity index is 1200. The molecule has 2 aromatic carbocycles. The molecule has 2 N–H and O–H groups in total. The maximum Gasteiger partial charge on any atom is 0.263 e. The number of nitrogens with zero attached hydrogens (tertiary/aromatic N) is 1. The van der Waals surface area contributed by atoms with E-state index in [0.717, 1.165) is 50.7 Å². The number of anilines is 1. The van der Waals surface area contributed by atoms with E-state index in [1.807, 2.05) is 18.2 Å². The smallest absolute Gasteiger partial charge is 0.263 e. The van der Waals surface area contributed by atoms with Gasteiger partial charge in [0.1, 0.15) is 5.84 Å². The highest BCUT2D eigenvalue weighted by atomic mass is 32.2. The minimum absolute atomic E-state index is 0.0479. The van der Waals surface area contributed by atoms with Crippen LogP contribution in [0.15, 0.2) is 52.4 Å². The lowest BCUT2D eigenvalue weighted by Gasteiger charge is -2.21. The maximum atomic E-state index is 12.3. The molecule has 8 nitrogen and oxygen atoms in total. The highest BCUT2D eigenvalue weighted by Crippen LogP contribution is 2.47. The van der Waals surface area contributed by atoms with Crippen LogP contribution in [0.25, 0.3) is 0 Å². The number of amides is 1. The van der Waals surface area contributed by atoms with Crippen LogP contribution in [0, 0.1) is 0 Å². The van der Waals surface area contributed by atoms with E-state index in [1.165, 1.54) is 0 Å². The summed E-state index contributed by atoms with van der Waals surface area (Å²) < 4.78 is 38.8. The zero-order chi connectivity index (χ0) is 22.9. The van der Waals surface area contributed by atoms with Gasteiger partial charge in [-0.15, -0.1) is 0 Å². The van der Waals surface area contributed by atoms with Gasteiger partial charge in [0.2, 0.25) is 5.91 Å². The summed E-state index contributed by atoms with van der Waals surface area (Å²) in [7, 11) is -3.50. The number of aliphatic imine (C=N–C) groups is 1. The molecule has 1 fully saturated rings. The van der Waals surface area contributed by atoms with Crippen molar-refractivity contribution in [3.05, 3.63) is 48.0 Å². The van der Waals surface area contributed by atoms with Crippen molar-refractivity contribution in [1.29, 1.82) is 0 Å². The molecule has 3 aliphatic rings. The number of benzene rings is 2. The summed E-state index contributed by atoms with van der Waals surface area (Å²) >= 11 is 0. The molecular formula is C24H27N3O5S. The monoisotopic (exact) mass is 469 g/mol. The van der Waals surface area contributed by atoms with Crippen LogP contribution in [0.2, 0.25) is 0 Å². The van der Waals surface area contributed by atoms with E-state index in [0.29, 0.717) is 35.8 Å². The van der Waals surface area contributed by atoms with Crippen LogP contribution in [0.5, 0.6) is 11.5 Å². The normalized spacial score (nSPS) is 20.1. The van der Waals surface area contributed by atoms with E-state index in [4.69, 9.17) is 9.47 Å². The minimum Gasteiger partial charge on any atom is -0.448 e. The molecule has 2 aromatic rings. The molecule has 0 aromatic heterocycles. The lowest BCUT2D eigenvalue weighted by molar-refractivity contribution is -0.116. The fraction of sp³-hybridized carbons (Fsp3) is 0.417. The number of nitrogens with one attached hydrogen (secondary N) is 2. The first kappa shape index (κ1) is 21.8. The largest absolute Gasteiger partial charge is 0.448 e. The van der Waals surface area contributed by atoms with Gasteiger partial charge in [-0.05, 0) is 49.9 Å². The van der Waals surface area contributed by atoms with Gasteiger partial charge in [-0.1, -0.05) is 18.6 Å². The quantitative estimate of drug-likeness (QED) is 0.597. The number of hydrogen-bond acceptors (Lipinski definition) is 6. The van der Waals surface area contributed by atoms with Crippen molar-refractivity contribution in [2.75, 3.05) is 11.9 Å². The molecular weight excluding hydrogens is 442 g/mol. The van der Waals surface area contributed by atoms with E-state index in [9.17, 15) is 13.2 Å². The maximum absolute atomic E-state index is 12.3. The molecule has 5 rings (SSSR count). The summed E-state index contributed by atoms with van der Waals surface area (Å²) in [6.07, 6.45) is 6.73. The fourth-order valence-corrected chi connectivity index (χ4v) is 5.78. The average molecular weight is 470 g/mol. The van der Waals surface area contributed by atoms with Gasteiger partial charge in [0.05, 0.1) is 4.90 Å². The first-order valence-corrected chi connectivity index (χ1v) is 12.9. The molecule has 0 unspecified atom stereocenters. The lowest BCUT2D eigenvalue weighted by Crippen LogP contribution is -2.34. The molecule has 0 atom stereocenters. The fourth-order valence-electron chi connectivity index (χ4n) is 4.53. The first-order chi connectivity index (χ1) is 15.9. The van der Waals surface area contributed by atoms with E-state index < -0.39 is 15.8 Å². The standard InChI is InChI=1S/C24H27N3O5S/c28-22(26-17-11-12-19-20(16-17)32-24(31-19)13-5-6-14-24)10-2-1-7-15-25-23-18-8-3-4-9-21(18)33(29,30)27-23/h3-4,8-9,11-12,16H,1-2,5-7,10,13-15H2,(H,25,27)(H,26,28). The zero-order valence-electron chi connectivity index (χ0n) is 18.3. The lowest BCUT2D eigenvalue weighted by atomic mass is 10.1. The van der Waals surface area contributed by atoms with E-state index >= 15 is 0 Å². The van der Waals surface area contributed by atoms with Crippen molar-refractivity contribution in [3.63, 3.8) is 0 Å². The Balaban J connectivity index is 1.05. The van der Waals surface area contributed by atoms with Gasteiger partial charge in [0.15, 0.2) is 11.5 Å². The second kappa shape index (κ2) is 8.70. The molecule has 1 amide bonds. The Morgan fingerprint density at radius 2 is 1.82 bits per heavy atom. The van der Waals surface area contributed by atoms with Gasteiger partial charge in [0.25, 0.3) is 15.8 Å². The van der Waals surface area contributed by atoms with Gasteiger partial charge in [-0.2, -0.15) is 0 Å². The van der Waals surface area contributed by atoms with Crippen molar-refractivity contribution < 1.29 is 22.7 Å². The Morgan fingerprint density at radius 3 is 2.67 bits per heavy atom. The Hall–Kier alpha value is -3.07. The minimum atomic E-state index is -3.50. The second-order valence-corrected chi connectivity index (χ2v) is 10.3. The third-order valence-electron chi connectivity index (χ3n) is 6.18. The summed E-state index contributed by atoms with van der Waals surface area (Å²) in [6.45, 7) is 0.498. The van der Waals surface area contributed by atoms with Crippen LogP contribution < -0.4 is 19.5 Å². The number of amidine groups is 1. The van der Waals surface area contributed by atoms with Crippen LogP contribution >= 0.6 is 0 Å². The number of ether oxygens (including phenoxy) is 2. The SMILES string of the molecule is O=C(CCCCCN=C1NS(=O)(=O)c2ccccc21)Nc1ccc2c(c1)OC1(CCCC1)O2. The van der Waals surface area contributed by atoms with Gasteiger partial charge >= 0.3 is 0 Å². The third-order valence-corrected chi connectivity index (χ3v) is 7.58. The van der Waals surface area contributed by atoms with Crippen molar-refractivity contribution in [3.8, 4) is 11.5 Å². The van der Waals surface area contributed by atoms with E-state index in [1.54, 1.807) is 24.3 Å². The Morgan fingerprint density at radius 1 is 1.03 bits per heavy atom. The summed E-state index contributed by atoms with van der Waals surface area (Å²) in [5.41, 5.74) is 1.32. The molecule has 1 spiro atoms. The number of unbranched alkanes of at least 4 members (excludes halogenated alkanes) is 2. The molecule has 174 valence electrons. The number of fused-ring (bicyclic) bond motifs is 2. The van der Waals surface area contributed by atoms with Crippen LogP contribution in [0.4, 0.5) is 5.69 Å². The molecule has 0 saturated heterocycles. The predicted octanol–water partition coefficient (Wildman–Crippen LogP) is 3.97. The van der Waals surface area contributed by atoms with Crippen molar-refractivity contribution in [1.82, 2.24) is 4.72 Å². The summed E-state index contributed by atoms with van der Waals surface area (Å²) in [4.78, 5) is 17.0. The summed E-state index contributed by atoms with van der Waals surface area (Å²) in [5, 5.41) is 2.93. The topological polar surface area (TPSA) is 106 Å². The number of hydrogen-bond donors (Lipinski definition) is 2. The number of rotatable bonds is 7. The second-order valence-electron chi connectivity index (χ2n) is 8.67. The number of carbonyl (C=O) groups excluding carboxylic acids is 1. The molecule has 1 aliphatic carbocycles. The van der Waals surface area contributed by atoms with Crippen molar-refractivity contribution in [2.45, 2.75) is 62.0 Å². The molecule has 0 bridgehead atoms. The zero-order valence-corrected chi connectivity index (χ0v) is 19.1. The number of sulfonamides is 1. The summed E-state index contributed by atoms with van der Waals surface area (Å²) in [6, 6.07) is 12.3. The van der Waals surface area contributed by atoms with Crippen LogP contribution in [-0.2, 0) is 14.8 Å². The molecule has 2 heterocycles. The highest BCUT2D eigenvalue weighted by Gasteiger charge is 2.44. The molecule has 2 aliphatic heterocycles. The molecule has 1 saturated carbocycles. The van der Waals surface area contributed by atoms with E-state index in [-0.39, 0.29) is 10.8 Å². The van der Waals surface area contributed by atoms with Crippen molar-refractivity contribution >= 4 is 27.5 Å². The summed E-state index contributed by atoms with van der Waals surface area (Å²) in [5.74, 6) is 1.27. The molecule has 9 heteroatoms. The average Bonchev–Trinajstić information content (AvgIpc) is 3.46. The van der Waals surface area contributed by atoms with Gasteiger partial charge in [-0.3, -0.25) is 14.5 Å². The molecule has 0 radical (unpaired) electrons. The van der Waals surface area contributed by atoms with Crippen LogP contribution in [0.1, 0.15) is 56.9 Å². The third kappa shape index (κ3) is 4.55. The van der Waals surface area contributed by atoms with Crippen LogP contribution in [0.3, 0.4) is 0 Å². The highest BCUT2D eigenvalue weighted by molar-refractivity contribution is 7.90.